The number of nitrogen functional groups attached to an aromatic ring is 1. The summed E-state index contributed by atoms with van der Waals surface area (Å²) in [6.45, 7) is 2.01. The molecule has 1 fully saturated rings. The van der Waals surface area contributed by atoms with E-state index in [2.05, 4.69) is 4.98 Å². The molecule has 1 atom stereocenters. The Kier molecular flexibility index (Phi) is 3.96. The molecule has 8 heteroatoms. The van der Waals surface area contributed by atoms with Crippen LogP contribution in [-0.2, 0) is 14.8 Å². The first-order valence-corrected chi connectivity index (χ1v) is 7.71. The first kappa shape index (κ1) is 14.7. The summed E-state index contributed by atoms with van der Waals surface area (Å²) in [6, 6.07) is 1.46. The summed E-state index contributed by atoms with van der Waals surface area (Å²) in [6.07, 6.45) is 2.50. The molecule has 0 aromatic carbocycles. The highest BCUT2D eigenvalue weighted by atomic mass is 32.2. The molecule has 0 bridgehead atoms. The van der Waals surface area contributed by atoms with E-state index in [1.54, 1.807) is 6.92 Å². The maximum Gasteiger partial charge on any atom is 0.307 e. The van der Waals surface area contributed by atoms with E-state index in [0.717, 1.165) is 0 Å². The molecule has 0 radical (unpaired) electrons. The van der Waals surface area contributed by atoms with E-state index in [9.17, 15) is 13.2 Å². The lowest BCUT2D eigenvalue weighted by atomic mass is 10.0. The fraction of sp³-hybridized carbons (Fsp3) is 0.500. The van der Waals surface area contributed by atoms with Crippen LogP contribution in [0, 0.1) is 12.8 Å². The van der Waals surface area contributed by atoms with Gasteiger partial charge in [-0.25, -0.2) is 13.4 Å². The molecule has 0 aliphatic carbocycles. The molecule has 2 rings (SSSR count). The summed E-state index contributed by atoms with van der Waals surface area (Å²) in [7, 11) is -3.80. The van der Waals surface area contributed by atoms with Gasteiger partial charge in [0.15, 0.2) is 0 Å². The van der Waals surface area contributed by atoms with Crippen molar-refractivity contribution in [2.75, 3.05) is 18.8 Å². The normalized spacial score (nSPS) is 20.8. The van der Waals surface area contributed by atoms with Crippen LogP contribution >= 0.6 is 0 Å². The molecule has 7 nitrogen and oxygen atoms in total. The van der Waals surface area contributed by atoms with E-state index in [1.807, 2.05) is 0 Å². The Morgan fingerprint density at radius 3 is 2.90 bits per heavy atom. The predicted molar refractivity (Wildman–Crippen MR) is 72.5 cm³/mol. The van der Waals surface area contributed by atoms with Crippen LogP contribution in [0.25, 0.3) is 0 Å². The number of anilines is 1. The van der Waals surface area contributed by atoms with Gasteiger partial charge in [0, 0.05) is 19.3 Å². The Hall–Kier alpha value is -1.67. The van der Waals surface area contributed by atoms with Gasteiger partial charge in [-0.1, -0.05) is 0 Å². The minimum Gasteiger partial charge on any atom is -0.481 e. The summed E-state index contributed by atoms with van der Waals surface area (Å²) < 4.78 is 26.3. The number of carboxylic acids is 1. The molecular weight excluding hydrogens is 282 g/mol. The lowest BCUT2D eigenvalue weighted by Gasteiger charge is -2.30. The van der Waals surface area contributed by atoms with Crippen LogP contribution in [0.3, 0.4) is 0 Å². The minimum atomic E-state index is -3.80. The predicted octanol–water partition coefficient (Wildman–Crippen LogP) is 0.458. The number of aliphatic carboxylic acids is 1. The Labute approximate surface area is 117 Å². The third-order valence-electron chi connectivity index (χ3n) is 3.37. The van der Waals surface area contributed by atoms with Gasteiger partial charge in [-0.2, -0.15) is 4.31 Å². The van der Waals surface area contributed by atoms with E-state index in [4.69, 9.17) is 10.8 Å². The molecule has 1 aromatic rings. The molecule has 1 aliphatic heterocycles. The van der Waals surface area contributed by atoms with Crippen molar-refractivity contribution in [3.63, 3.8) is 0 Å². The van der Waals surface area contributed by atoms with Crippen molar-refractivity contribution in [2.45, 2.75) is 24.7 Å². The second kappa shape index (κ2) is 5.37. The van der Waals surface area contributed by atoms with Crippen molar-refractivity contribution >= 4 is 21.8 Å². The molecular formula is C12H17N3O4S. The average Bonchev–Trinajstić information content (AvgIpc) is 2.41. The lowest BCUT2D eigenvalue weighted by Crippen LogP contribution is -2.42. The molecule has 0 saturated carbocycles. The van der Waals surface area contributed by atoms with Crippen molar-refractivity contribution < 1.29 is 18.3 Å². The zero-order valence-electron chi connectivity index (χ0n) is 11.1. The van der Waals surface area contributed by atoms with Crippen LogP contribution in [0.5, 0.6) is 0 Å². The summed E-state index contributed by atoms with van der Waals surface area (Å²) in [4.78, 5) is 14.8. The third kappa shape index (κ3) is 2.75. The van der Waals surface area contributed by atoms with E-state index in [0.29, 0.717) is 24.9 Å². The van der Waals surface area contributed by atoms with E-state index in [-0.39, 0.29) is 17.3 Å². The highest BCUT2D eigenvalue weighted by Gasteiger charge is 2.34. The molecule has 1 unspecified atom stereocenters. The zero-order chi connectivity index (χ0) is 14.9. The maximum atomic E-state index is 12.5. The molecule has 0 amide bonds. The van der Waals surface area contributed by atoms with Crippen LogP contribution in [0.15, 0.2) is 17.2 Å². The van der Waals surface area contributed by atoms with E-state index < -0.39 is 21.9 Å². The molecule has 1 aromatic heterocycles. The Morgan fingerprint density at radius 2 is 2.25 bits per heavy atom. The summed E-state index contributed by atoms with van der Waals surface area (Å²) in [5.74, 6) is -1.70. The highest BCUT2D eigenvalue weighted by Crippen LogP contribution is 2.26. The standard InChI is InChI=1S/C12H17N3O4S/c1-8-5-10(11(13)14-6-8)20(18,19)15-4-2-3-9(7-15)12(16)17/h5-6,9H,2-4,7H2,1H3,(H2,13,14)(H,16,17). The number of carboxylic acid groups (broad SMARTS) is 1. The number of carbonyl (C=O) groups is 1. The smallest absolute Gasteiger partial charge is 0.307 e. The fourth-order valence-corrected chi connectivity index (χ4v) is 3.94. The number of piperidine rings is 1. The van der Waals surface area contributed by atoms with Crippen LogP contribution in [0.4, 0.5) is 5.82 Å². The second-order valence-electron chi connectivity index (χ2n) is 4.94. The average molecular weight is 299 g/mol. The Morgan fingerprint density at radius 1 is 1.55 bits per heavy atom. The van der Waals surface area contributed by atoms with Gasteiger partial charge >= 0.3 is 5.97 Å². The first-order valence-electron chi connectivity index (χ1n) is 6.27. The van der Waals surface area contributed by atoms with Gasteiger partial charge < -0.3 is 10.8 Å². The number of hydrogen-bond acceptors (Lipinski definition) is 5. The molecule has 110 valence electrons. The fourth-order valence-electron chi connectivity index (χ4n) is 2.26. The molecule has 0 spiro atoms. The van der Waals surface area contributed by atoms with Crippen molar-refractivity contribution in [1.82, 2.24) is 9.29 Å². The number of nitrogens with zero attached hydrogens (tertiary/aromatic N) is 2. The largest absolute Gasteiger partial charge is 0.481 e. The van der Waals surface area contributed by atoms with Crippen molar-refractivity contribution in [3.8, 4) is 0 Å². The molecule has 20 heavy (non-hydrogen) atoms. The number of sulfonamides is 1. The Balaban J connectivity index is 2.35. The summed E-state index contributed by atoms with van der Waals surface area (Å²) >= 11 is 0. The van der Waals surface area contributed by atoms with Crippen LogP contribution < -0.4 is 5.73 Å². The second-order valence-corrected chi connectivity index (χ2v) is 6.84. The number of aromatic nitrogens is 1. The van der Waals surface area contributed by atoms with Gasteiger partial charge in [0.1, 0.15) is 10.7 Å². The number of pyridine rings is 1. The lowest BCUT2D eigenvalue weighted by molar-refractivity contribution is -0.142. The number of nitrogens with two attached hydrogens (primary N) is 1. The van der Waals surface area contributed by atoms with Crippen LogP contribution in [0.2, 0.25) is 0 Å². The van der Waals surface area contributed by atoms with Gasteiger partial charge in [0.2, 0.25) is 10.0 Å². The van der Waals surface area contributed by atoms with Gasteiger partial charge in [0.05, 0.1) is 5.92 Å². The van der Waals surface area contributed by atoms with Crippen LogP contribution in [0.1, 0.15) is 18.4 Å². The Bertz CT molecular complexity index is 630. The van der Waals surface area contributed by atoms with Gasteiger partial charge in [0.25, 0.3) is 0 Å². The van der Waals surface area contributed by atoms with Gasteiger partial charge in [-0.3, -0.25) is 4.79 Å². The quantitative estimate of drug-likeness (QED) is 0.838. The highest BCUT2D eigenvalue weighted by molar-refractivity contribution is 7.89. The molecule has 1 aliphatic rings. The summed E-state index contributed by atoms with van der Waals surface area (Å²) in [5, 5.41) is 9.03. The van der Waals surface area contributed by atoms with E-state index in [1.165, 1.54) is 16.6 Å². The number of hydrogen-bond donors (Lipinski definition) is 2. The van der Waals surface area contributed by atoms with Crippen LogP contribution in [-0.4, -0.2) is 41.9 Å². The minimum absolute atomic E-state index is 0.0228. The maximum absolute atomic E-state index is 12.5. The van der Waals surface area contributed by atoms with Gasteiger partial charge in [-0.05, 0) is 31.4 Å². The number of aryl methyl sites for hydroxylation is 1. The molecule has 2 heterocycles. The number of rotatable bonds is 3. The zero-order valence-corrected chi connectivity index (χ0v) is 11.9. The monoisotopic (exact) mass is 299 g/mol. The molecule has 3 N–H and O–H groups in total. The first-order chi connectivity index (χ1) is 9.32. The summed E-state index contributed by atoms with van der Waals surface area (Å²) in [5.41, 5.74) is 6.33. The van der Waals surface area contributed by atoms with Crippen molar-refractivity contribution in [2.24, 2.45) is 5.92 Å². The SMILES string of the molecule is Cc1cnc(N)c(S(=O)(=O)N2CCCC(C(=O)O)C2)c1. The molecule has 1 saturated heterocycles. The van der Waals surface area contributed by atoms with E-state index >= 15 is 0 Å². The third-order valence-corrected chi connectivity index (χ3v) is 5.26. The van der Waals surface area contributed by atoms with Crippen molar-refractivity contribution in [1.29, 1.82) is 0 Å². The van der Waals surface area contributed by atoms with Gasteiger partial charge in [-0.15, -0.1) is 0 Å². The van der Waals surface area contributed by atoms with Crippen molar-refractivity contribution in [3.05, 3.63) is 17.8 Å². The topological polar surface area (TPSA) is 114 Å².